The van der Waals surface area contributed by atoms with Crippen molar-refractivity contribution in [3.63, 3.8) is 0 Å². The van der Waals surface area contributed by atoms with E-state index in [1.54, 1.807) is 0 Å². The summed E-state index contributed by atoms with van der Waals surface area (Å²) in [7, 11) is 0. The molecule has 2 heteroatoms. The number of carbonyl (C=O) groups is 1. The minimum Gasteiger partial charge on any atom is -0.327 e. The van der Waals surface area contributed by atoms with E-state index in [4.69, 9.17) is 0 Å². The quantitative estimate of drug-likeness (QED) is 0.701. The third-order valence-electron chi connectivity index (χ3n) is 4.33. The molecule has 94 valence electrons. The zero-order valence-electron chi connectivity index (χ0n) is 10.7. The Hall–Kier alpha value is -2.09. The van der Waals surface area contributed by atoms with Crippen LogP contribution in [0.5, 0.6) is 0 Å². The molecule has 2 aromatic carbocycles. The number of aryl methyl sites for hydroxylation is 1. The van der Waals surface area contributed by atoms with E-state index in [1.165, 1.54) is 16.7 Å². The van der Waals surface area contributed by atoms with Gasteiger partial charge in [-0.1, -0.05) is 42.5 Å². The lowest BCUT2D eigenvalue weighted by atomic mass is 9.98. The molecule has 0 N–H and O–H groups in total. The fourth-order valence-corrected chi connectivity index (χ4v) is 3.37. The summed E-state index contributed by atoms with van der Waals surface area (Å²) in [6.07, 6.45) is 2.08. The Bertz CT molecular complexity index is 662. The van der Waals surface area contributed by atoms with E-state index in [9.17, 15) is 4.79 Å². The molecule has 1 unspecified atom stereocenters. The van der Waals surface area contributed by atoms with Gasteiger partial charge in [0.15, 0.2) is 0 Å². The summed E-state index contributed by atoms with van der Waals surface area (Å²) in [5.74, 6) is 0.192. The molecule has 0 fully saturated rings. The Balaban J connectivity index is 1.80. The lowest BCUT2D eigenvalue weighted by Gasteiger charge is -2.22. The van der Waals surface area contributed by atoms with E-state index in [0.717, 1.165) is 24.9 Å². The van der Waals surface area contributed by atoms with Gasteiger partial charge in [-0.2, -0.15) is 0 Å². The van der Waals surface area contributed by atoms with Gasteiger partial charge >= 0.3 is 0 Å². The molecule has 19 heavy (non-hydrogen) atoms. The van der Waals surface area contributed by atoms with Crippen molar-refractivity contribution in [3.8, 4) is 0 Å². The van der Waals surface area contributed by atoms with Crippen LogP contribution in [0.4, 0.5) is 0 Å². The molecule has 1 amide bonds. The number of hydrogen-bond acceptors (Lipinski definition) is 1. The number of amides is 1. The summed E-state index contributed by atoms with van der Waals surface area (Å²) in [6, 6.07) is 16.8. The van der Waals surface area contributed by atoms with Crippen LogP contribution >= 0.6 is 0 Å². The van der Waals surface area contributed by atoms with Gasteiger partial charge in [0.05, 0.1) is 6.04 Å². The van der Waals surface area contributed by atoms with Crippen LogP contribution in [-0.2, 0) is 13.0 Å². The number of carbonyl (C=O) groups excluding carboxylic acids is 1. The maximum absolute atomic E-state index is 12.5. The molecular weight excluding hydrogens is 234 g/mol. The lowest BCUT2D eigenvalue weighted by Crippen LogP contribution is -2.26. The maximum atomic E-state index is 12.5. The molecule has 0 aliphatic carbocycles. The minimum absolute atomic E-state index is 0.192. The van der Waals surface area contributed by atoms with Gasteiger partial charge in [0, 0.05) is 12.1 Å². The molecular formula is C17H15NO. The molecule has 2 aliphatic heterocycles. The molecule has 0 saturated heterocycles. The van der Waals surface area contributed by atoms with E-state index in [2.05, 4.69) is 30.3 Å². The van der Waals surface area contributed by atoms with Crippen molar-refractivity contribution in [2.24, 2.45) is 0 Å². The Labute approximate surface area is 112 Å². The highest BCUT2D eigenvalue weighted by Crippen LogP contribution is 2.40. The molecule has 0 aromatic heterocycles. The van der Waals surface area contributed by atoms with Crippen LogP contribution in [0, 0.1) is 0 Å². The first kappa shape index (κ1) is 10.8. The first-order valence-electron chi connectivity index (χ1n) is 6.81. The summed E-state index contributed by atoms with van der Waals surface area (Å²) < 4.78 is 0. The predicted molar refractivity (Wildman–Crippen MR) is 73.8 cm³/mol. The van der Waals surface area contributed by atoms with E-state index in [-0.39, 0.29) is 11.9 Å². The Morgan fingerprint density at radius 2 is 1.68 bits per heavy atom. The number of rotatable bonds is 0. The van der Waals surface area contributed by atoms with Gasteiger partial charge in [0.1, 0.15) is 0 Å². The van der Waals surface area contributed by atoms with Crippen molar-refractivity contribution in [2.75, 3.05) is 0 Å². The van der Waals surface area contributed by atoms with Gasteiger partial charge < -0.3 is 4.90 Å². The minimum atomic E-state index is 0.192. The number of nitrogens with zero attached hydrogens (tertiary/aromatic N) is 1. The molecule has 0 spiro atoms. The first-order chi connectivity index (χ1) is 9.34. The van der Waals surface area contributed by atoms with Crippen molar-refractivity contribution in [1.82, 2.24) is 4.90 Å². The van der Waals surface area contributed by atoms with Crippen molar-refractivity contribution in [3.05, 3.63) is 70.8 Å². The second-order valence-electron chi connectivity index (χ2n) is 5.34. The van der Waals surface area contributed by atoms with Gasteiger partial charge in [0.2, 0.25) is 0 Å². The van der Waals surface area contributed by atoms with Crippen LogP contribution in [0.2, 0.25) is 0 Å². The molecule has 4 rings (SSSR count). The normalized spacial score (nSPS) is 20.5. The van der Waals surface area contributed by atoms with Gasteiger partial charge in [-0.15, -0.1) is 0 Å². The van der Waals surface area contributed by atoms with Crippen molar-refractivity contribution >= 4 is 5.91 Å². The Morgan fingerprint density at radius 1 is 0.947 bits per heavy atom. The van der Waals surface area contributed by atoms with Gasteiger partial charge in [-0.05, 0) is 35.6 Å². The highest BCUT2D eigenvalue weighted by molar-refractivity contribution is 5.99. The standard InChI is InChI=1S/C17H15NO/c19-17-15-8-4-3-7-14(15)16-10-9-12-5-1-2-6-13(12)11-18(16)17/h1-8,16H,9-11H2. The molecule has 0 bridgehead atoms. The second-order valence-corrected chi connectivity index (χ2v) is 5.34. The zero-order valence-corrected chi connectivity index (χ0v) is 10.7. The van der Waals surface area contributed by atoms with E-state index in [1.807, 2.05) is 23.1 Å². The third-order valence-corrected chi connectivity index (χ3v) is 4.33. The molecule has 2 aliphatic rings. The van der Waals surface area contributed by atoms with Crippen molar-refractivity contribution in [1.29, 1.82) is 0 Å². The van der Waals surface area contributed by atoms with Crippen molar-refractivity contribution in [2.45, 2.75) is 25.4 Å². The van der Waals surface area contributed by atoms with Gasteiger partial charge in [-0.25, -0.2) is 0 Å². The molecule has 1 atom stereocenters. The zero-order chi connectivity index (χ0) is 12.8. The van der Waals surface area contributed by atoms with Crippen LogP contribution in [0.3, 0.4) is 0 Å². The van der Waals surface area contributed by atoms with E-state index < -0.39 is 0 Å². The SMILES string of the molecule is O=C1c2ccccc2C2CCc3ccccc3CN12. The molecule has 2 nitrogen and oxygen atoms in total. The first-order valence-corrected chi connectivity index (χ1v) is 6.81. The van der Waals surface area contributed by atoms with E-state index in [0.29, 0.717) is 0 Å². The Kier molecular flexibility index (Phi) is 2.25. The summed E-state index contributed by atoms with van der Waals surface area (Å²) in [6.45, 7) is 0.744. The van der Waals surface area contributed by atoms with Crippen LogP contribution in [0.15, 0.2) is 48.5 Å². The number of hydrogen-bond donors (Lipinski definition) is 0. The number of fused-ring (bicyclic) bond motifs is 4. The molecule has 2 heterocycles. The monoisotopic (exact) mass is 249 g/mol. The van der Waals surface area contributed by atoms with Crippen LogP contribution in [0.25, 0.3) is 0 Å². The fourth-order valence-electron chi connectivity index (χ4n) is 3.37. The van der Waals surface area contributed by atoms with Crippen molar-refractivity contribution < 1.29 is 4.79 Å². The topological polar surface area (TPSA) is 20.3 Å². The third kappa shape index (κ3) is 1.53. The van der Waals surface area contributed by atoms with E-state index >= 15 is 0 Å². The maximum Gasteiger partial charge on any atom is 0.255 e. The highest BCUT2D eigenvalue weighted by atomic mass is 16.2. The molecule has 0 saturated carbocycles. The summed E-state index contributed by atoms with van der Waals surface area (Å²) in [4.78, 5) is 14.6. The average Bonchev–Trinajstić information content (AvgIpc) is 2.63. The Morgan fingerprint density at radius 3 is 2.58 bits per heavy atom. The summed E-state index contributed by atoms with van der Waals surface area (Å²) in [5.41, 5.74) is 4.79. The average molecular weight is 249 g/mol. The highest BCUT2D eigenvalue weighted by Gasteiger charge is 2.37. The largest absolute Gasteiger partial charge is 0.327 e. The smallest absolute Gasteiger partial charge is 0.255 e. The van der Waals surface area contributed by atoms with Gasteiger partial charge in [-0.3, -0.25) is 4.79 Å². The van der Waals surface area contributed by atoms with Crippen LogP contribution < -0.4 is 0 Å². The fraction of sp³-hybridized carbons (Fsp3) is 0.235. The predicted octanol–water partition coefficient (Wildman–Crippen LogP) is 3.33. The van der Waals surface area contributed by atoms with Crippen LogP contribution in [0.1, 0.15) is 39.5 Å². The summed E-state index contributed by atoms with van der Waals surface area (Å²) in [5, 5.41) is 0. The van der Waals surface area contributed by atoms with Gasteiger partial charge in [0.25, 0.3) is 5.91 Å². The number of benzene rings is 2. The summed E-state index contributed by atoms with van der Waals surface area (Å²) >= 11 is 0. The van der Waals surface area contributed by atoms with Crippen LogP contribution in [-0.4, -0.2) is 10.8 Å². The second kappa shape index (κ2) is 3.95. The molecule has 0 radical (unpaired) electrons. The molecule has 2 aromatic rings. The lowest BCUT2D eigenvalue weighted by molar-refractivity contribution is 0.0709.